The summed E-state index contributed by atoms with van der Waals surface area (Å²) < 4.78 is 0. The molecule has 0 amide bonds. The molecule has 1 rings (SSSR count). The topological polar surface area (TPSA) is 17.1 Å². The Balaban J connectivity index is 3.00. The van der Waals surface area contributed by atoms with Crippen molar-refractivity contribution >= 4 is 5.78 Å². The minimum Gasteiger partial charge on any atom is -0.299 e. The van der Waals surface area contributed by atoms with E-state index in [2.05, 4.69) is 34.6 Å². The summed E-state index contributed by atoms with van der Waals surface area (Å²) in [5, 5.41) is 0. The molecule has 0 heterocycles. The fourth-order valence-electron chi connectivity index (χ4n) is 2.64. The standard InChI is InChI=1S/C11H20O/c1-7-8(12)11(6)9(2,3)10(11,4)5/h7H2,1-6H3. The summed E-state index contributed by atoms with van der Waals surface area (Å²) in [7, 11) is 0. The molecule has 70 valence electrons. The van der Waals surface area contributed by atoms with Crippen molar-refractivity contribution in [2.75, 3.05) is 0 Å². The van der Waals surface area contributed by atoms with Crippen molar-refractivity contribution in [3.05, 3.63) is 0 Å². The molecule has 0 spiro atoms. The molecule has 0 aliphatic heterocycles. The molecule has 1 nitrogen and oxygen atoms in total. The quantitative estimate of drug-likeness (QED) is 0.619. The summed E-state index contributed by atoms with van der Waals surface area (Å²) in [6.07, 6.45) is 0.670. The second-order valence-electron chi connectivity index (χ2n) is 5.15. The Morgan fingerprint density at radius 2 is 1.33 bits per heavy atom. The Kier molecular flexibility index (Phi) is 1.73. The fourth-order valence-corrected chi connectivity index (χ4v) is 2.64. The van der Waals surface area contributed by atoms with Crippen LogP contribution >= 0.6 is 0 Å². The van der Waals surface area contributed by atoms with Crippen molar-refractivity contribution in [3.8, 4) is 0 Å². The van der Waals surface area contributed by atoms with E-state index in [1.807, 2.05) is 6.92 Å². The highest BCUT2D eigenvalue weighted by atomic mass is 16.1. The molecular formula is C11H20O. The summed E-state index contributed by atoms with van der Waals surface area (Å²) in [5.41, 5.74) is 0.259. The lowest BCUT2D eigenvalue weighted by molar-refractivity contribution is -0.125. The average molecular weight is 168 g/mol. The maximum Gasteiger partial charge on any atom is 0.139 e. The highest BCUT2D eigenvalue weighted by Crippen LogP contribution is 2.78. The lowest BCUT2D eigenvalue weighted by atomic mass is 9.90. The minimum atomic E-state index is -0.0885. The van der Waals surface area contributed by atoms with E-state index >= 15 is 0 Å². The molecule has 0 unspecified atom stereocenters. The normalized spacial score (nSPS) is 28.2. The second-order valence-corrected chi connectivity index (χ2v) is 5.15. The maximum absolute atomic E-state index is 11.7. The van der Waals surface area contributed by atoms with Crippen molar-refractivity contribution in [2.45, 2.75) is 48.0 Å². The SMILES string of the molecule is CCC(=O)C1(C)C(C)(C)C1(C)C. The molecular weight excluding hydrogens is 148 g/mol. The van der Waals surface area contributed by atoms with Gasteiger partial charge < -0.3 is 0 Å². The van der Waals surface area contributed by atoms with Gasteiger partial charge in [-0.2, -0.15) is 0 Å². The Morgan fingerprint density at radius 1 is 1.00 bits per heavy atom. The van der Waals surface area contributed by atoms with E-state index in [4.69, 9.17) is 0 Å². The van der Waals surface area contributed by atoms with Gasteiger partial charge >= 0.3 is 0 Å². The van der Waals surface area contributed by atoms with Crippen molar-refractivity contribution in [3.63, 3.8) is 0 Å². The molecule has 1 aliphatic rings. The Bertz CT molecular complexity index is 209. The summed E-state index contributed by atoms with van der Waals surface area (Å²) in [5.74, 6) is 0.414. The van der Waals surface area contributed by atoms with Crippen LogP contribution in [0, 0.1) is 16.2 Å². The van der Waals surface area contributed by atoms with E-state index < -0.39 is 0 Å². The largest absolute Gasteiger partial charge is 0.299 e. The molecule has 0 aromatic heterocycles. The van der Waals surface area contributed by atoms with Crippen LogP contribution in [-0.2, 0) is 4.79 Å². The maximum atomic E-state index is 11.7. The van der Waals surface area contributed by atoms with Gasteiger partial charge in [-0.05, 0) is 10.8 Å². The second kappa shape index (κ2) is 2.12. The van der Waals surface area contributed by atoms with Crippen molar-refractivity contribution in [2.24, 2.45) is 16.2 Å². The Morgan fingerprint density at radius 3 is 1.42 bits per heavy atom. The van der Waals surface area contributed by atoms with Gasteiger partial charge in [-0.25, -0.2) is 0 Å². The number of carbonyl (C=O) groups excluding carboxylic acids is 1. The van der Waals surface area contributed by atoms with Crippen LogP contribution in [0.1, 0.15) is 48.0 Å². The number of ketones is 1. The first-order valence-electron chi connectivity index (χ1n) is 4.76. The van der Waals surface area contributed by atoms with Gasteiger partial charge in [-0.3, -0.25) is 4.79 Å². The van der Waals surface area contributed by atoms with Crippen LogP contribution in [0.15, 0.2) is 0 Å². The first kappa shape index (κ1) is 9.76. The summed E-state index contributed by atoms with van der Waals surface area (Å²) in [4.78, 5) is 11.7. The van der Waals surface area contributed by atoms with Crippen molar-refractivity contribution in [1.29, 1.82) is 0 Å². The average Bonchev–Trinajstić information content (AvgIpc) is 2.28. The lowest BCUT2D eigenvalue weighted by Gasteiger charge is -2.12. The third kappa shape index (κ3) is 0.681. The minimum absolute atomic E-state index is 0.0885. The van der Waals surface area contributed by atoms with Gasteiger partial charge in [0.1, 0.15) is 5.78 Å². The molecule has 12 heavy (non-hydrogen) atoms. The zero-order chi connectivity index (χ0) is 9.78. The molecule has 1 fully saturated rings. The highest BCUT2D eigenvalue weighted by molar-refractivity contribution is 5.90. The van der Waals surface area contributed by atoms with Crippen LogP contribution < -0.4 is 0 Å². The molecule has 1 heteroatoms. The number of hydrogen-bond acceptors (Lipinski definition) is 1. The molecule has 1 aliphatic carbocycles. The number of rotatable bonds is 2. The number of Topliss-reactive ketones (excluding diaryl/α,β-unsaturated/α-hetero) is 1. The van der Waals surface area contributed by atoms with E-state index in [0.29, 0.717) is 12.2 Å². The third-order valence-corrected chi connectivity index (χ3v) is 4.88. The molecule has 0 N–H and O–H groups in total. The van der Waals surface area contributed by atoms with E-state index in [0.717, 1.165) is 0 Å². The molecule has 0 atom stereocenters. The van der Waals surface area contributed by atoms with Gasteiger partial charge in [0.2, 0.25) is 0 Å². The molecule has 0 radical (unpaired) electrons. The van der Waals surface area contributed by atoms with Crippen molar-refractivity contribution < 1.29 is 4.79 Å². The van der Waals surface area contributed by atoms with Crippen LogP contribution in [0.4, 0.5) is 0 Å². The lowest BCUT2D eigenvalue weighted by Crippen LogP contribution is -2.18. The summed E-state index contributed by atoms with van der Waals surface area (Å²) in [6.45, 7) is 12.8. The first-order chi connectivity index (χ1) is 5.23. The first-order valence-corrected chi connectivity index (χ1v) is 4.76. The van der Waals surface area contributed by atoms with Gasteiger partial charge in [0.05, 0.1) is 0 Å². The van der Waals surface area contributed by atoms with Gasteiger partial charge in [0.15, 0.2) is 0 Å². The monoisotopic (exact) mass is 168 g/mol. The van der Waals surface area contributed by atoms with Crippen LogP contribution in [0.25, 0.3) is 0 Å². The predicted molar refractivity (Wildman–Crippen MR) is 51.0 cm³/mol. The van der Waals surface area contributed by atoms with Crippen molar-refractivity contribution in [1.82, 2.24) is 0 Å². The zero-order valence-electron chi connectivity index (χ0n) is 9.12. The summed E-state index contributed by atoms with van der Waals surface area (Å²) >= 11 is 0. The van der Waals surface area contributed by atoms with Crippen LogP contribution in [0.5, 0.6) is 0 Å². The molecule has 0 saturated heterocycles. The number of hydrogen-bond donors (Lipinski definition) is 0. The number of carbonyl (C=O) groups is 1. The van der Waals surface area contributed by atoms with Crippen LogP contribution in [-0.4, -0.2) is 5.78 Å². The zero-order valence-corrected chi connectivity index (χ0v) is 9.12. The predicted octanol–water partition coefficient (Wildman–Crippen LogP) is 3.04. The fraction of sp³-hybridized carbons (Fsp3) is 0.909. The molecule has 1 saturated carbocycles. The van der Waals surface area contributed by atoms with Crippen LogP contribution in [0.3, 0.4) is 0 Å². The van der Waals surface area contributed by atoms with Gasteiger partial charge in [0, 0.05) is 11.8 Å². The smallest absolute Gasteiger partial charge is 0.139 e. The molecule has 0 bridgehead atoms. The molecule has 0 aromatic rings. The van der Waals surface area contributed by atoms with Crippen LogP contribution in [0.2, 0.25) is 0 Å². The van der Waals surface area contributed by atoms with Gasteiger partial charge in [-0.1, -0.05) is 41.5 Å². The highest BCUT2D eigenvalue weighted by Gasteiger charge is 2.76. The van der Waals surface area contributed by atoms with Gasteiger partial charge in [0.25, 0.3) is 0 Å². The molecule has 0 aromatic carbocycles. The third-order valence-electron chi connectivity index (χ3n) is 4.88. The van der Waals surface area contributed by atoms with E-state index in [9.17, 15) is 4.79 Å². The summed E-state index contributed by atoms with van der Waals surface area (Å²) in [6, 6.07) is 0. The van der Waals surface area contributed by atoms with E-state index in [1.165, 1.54) is 0 Å². The van der Waals surface area contributed by atoms with E-state index in [1.54, 1.807) is 0 Å². The Labute approximate surface area is 75.5 Å². The Hall–Kier alpha value is -0.330. The van der Waals surface area contributed by atoms with Gasteiger partial charge in [-0.15, -0.1) is 0 Å². The van der Waals surface area contributed by atoms with E-state index in [-0.39, 0.29) is 16.2 Å².